The SMILES string of the molecule is CCC(=O)NC(C)(C)c1cc(OCCNS(=O)(=O)C(F)(F)F)ccc1Cl. The number of alkyl halides is 3. The maximum absolute atomic E-state index is 12.2. The smallest absolute Gasteiger partial charge is 0.492 e. The van der Waals surface area contributed by atoms with Gasteiger partial charge in [0.2, 0.25) is 5.91 Å². The number of halogens is 4. The van der Waals surface area contributed by atoms with Gasteiger partial charge in [-0.15, -0.1) is 0 Å². The van der Waals surface area contributed by atoms with Crippen LogP contribution in [0.25, 0.3) is 0 Å². The first-order chi connectivity index (χ1) is 11.8. The number of ether oxygens (including phenoxy) is 1. The van der Waals surface area contributed by atoms with Crippen molar-refractivity contribution in [2.45, 2.75) is 38.2 Å². The summed E-state index contributed by atoms with van der Waals surface area (Å²) in [6, 6.07) is 4.55. The minimum absolute atomic E-state index is 0.182. The molecule has 1 aromatic rings. The molecule has 2 N–H and O–H groups in total. The summed E-state index contributed by atoms with van der Waals surface area (Å²) in [5.41, 5.74) is -5.63. The van der Waals surface area contributed by atoms with E-state index in [1.807, 2.05) is 0 Å². The largest absolute Gasteiger partial charge is 0.511 e. The summed E-state index contributed by atoms with van der Waals surface area (Å²) in [7, 11) is -5.41. The molecular formula is C15H20ClF3N2O4S. The predicted molar refractivity (Wildman–Crippen MR) is 91.4 cm³/mol. The maximum Gasteiger partial charge on any atom is 0.511 e. The summed E-state index contributed by atoms with van der Waals surface area (Å²) in [5, 5.41) is 3.17. The second kappa shape index (κ2) is 8.45. The van der Waals surface area contributed by atoms with Crippen LogP contribution in [-0.2, 0) is 20.4 Å². The average molecular weight is 417 g/mol. The van der Waals surface area contributed by atoms with E-state index < -0.39 is 27.6 Å². The van der Waals surface area contributed by atoms with Crippen LogP contribution >= 0.6 is 11.6 Å². The monoisotopic (exact) mass is 416 g/mol. The van der Waals surface area contributed by atoms with Crippen LogP contribution in [0.2, 0.25) is 5.02 Å². The summed E-state index contributed by atoms with van der Waals surface area (Å²) < 4.78 is 65.0. The van der Waals surface area contributed by atoms with Crippen molar-refractivity contribution in [2.75, 3.05) is 13.2 Å². The van der Waals surface area contributed by atoms with Gasteiger partial charge >= 0.3 is 15.5 Å². The number of benzene rings is 1. The van der Waals surface area contributed by atoms with Gasteiger partial charge in [0.15, 0.2) is 0 Å². The number of hydrogen-bond donors (Lipinski definition) is 2. The number of carbonyl (C=O) groups excluding carboxylic acids is 1. The molecule has 148 valence electrons. The van der Waals surface area contributed by atoms with E-state index in [4.69, 9.17) is 16.3 Å². The van der Waals surface area contributed by atoms with Crippen LogP contribution in [0.4, 0.5) is 13.2 Å². The Morgan fingerprint density at radius 2 is 1.88 bits per heavy atom. The Morgan fingerprint density at radius 1 is 1.27 bits per heavy atom. The first-order valence-corrected chi connectivity index (χ1v) is 9.46. The summed E-state index contributed by atoms with van der Waals surface area (Å²) >= 11 is 6.16. The number of nitrogens with one attached hydrogen (secondary N) is 2. The molecule has 0 atom stereocenters. The minimum Gasteiger partial charge on any atom is -0.492 e. The quantitative estimate of drug-likeness (QED) is 0.638. The Hall–Kier alpha value is -1.52. The lowest BCUT2D eigenvalue weighted by Gasteiger charge is -2.28. The van der Waals surface area contributed by atoms with Gasteiger partial charge in [-0.3, -0.25) is 4.79 Å². The molecular weight excluding hydrogens is 397 g/mol. The molecule has 0 aliphatic rings. The Balaban J connectivity index is 2.78. The highest BCUT2D eigenvalue weighted by atomic mass is 35.5. The summed E-state index contributed by atoms with van der Waals surface area (Å²) in [5.74, 6) is 0.0911. The van der Waals surface area contributed by atoms with Gasteiger partial charge in [0.25, 0.3) is 0 Å². The standard InChI is InChI=1S/C15H20ClF3N2O4S/c1-4-13(22)21-14(2,3)11-9-10(5-6-12(11)16)25-8-7-20-26(23,24)15(17,18)19/h5-6,9,20H,4,7-8H2,1-3H3,(H,21,22). The van der Waals surface area contributed by atoms with Gasteiger partial charge in [0.1, 0.15) is 12.4 Å². The zero-order valence-corrected chi connectivity index (χ0v) is 16.0. The number of sulfonamides is 1. The predicted octanol–water partition coefficient (Wildman–Crippen LogP) is 2.92. The van der Waals surface area contributed by atoms with Crippen LogP contribution in [0, 0.1) is 0 Å². The Morgan fingerprint density at radius 3 is 2.42 bits per heavy atom. The molecule has 6 nitrogen and oxygen atoms in total. The highest BCUT2D eigenvalue weighted by molar-refractivity contribution is 7.90. The van der Waals surface area contributed by atoms with E-state index in [1.165, 1.54) is 22.9 Å². The number of hydrogen-bond acceptors (Lipinski definition) is 4. The van der Waals surface area contributed by atoms with E-state index in [0.717, 1.165) is 0 Å². The van der Waals surface area contributed by atoms with Crippen molar-refractivity contribution in [2.24, 2.45) is 0 Å². The zero-order chi connectivity index (χ0) is 20.2. The highest BCUT2D eigenvalue weighted by Crippen LogP contribution is 2.31. The number of carbonyl (C=O) groups is 1. The van der Waals surface area contributed by atoms with E-state index in [2.05, 4.69) is 5.32 Å². The fraction of sp³-hybridized carbons (Fsp3) is 0.533. The third-order valence-corrected chi connectivity index (χ3v) is 4.87. The molecule has 0 radical (unpaired) electrons. The third-order valence-electron chi connectivity index (χ3n) is 3.35. The fourth-order valence-corrected chi connectivity index (χ4v) is 2.87. The molecule has 0 aliphatic heterocycles. The summed E-state index contributed by atoms with van der Waals surface area (Å²) in [6.45, 7) is 4.30. The molecule has 0 aromatic heterocycles. The van der Waals surface area contributed by atoms with Crippen LogP contribution in [0.5, 0.6) is 5.75 Å². The molecule has 0 bridgehead atoms. The van der Waals surface area contributed by atoms with Gasteiger partial charge in [-0.2, -0.15) is 13.2 Å². The van der Waals surface area contributed by atoms with E-state index in [9.17, 15) is 26.4 Å². The second-order valence-corrected chi connectivity index (χ2v) is 8.03. The van der Waals surface area contributed by atoms with Crippen LogP contribution in [0.3, 0.4) is 0 Å². The normalized spacial score (nSPS) is 12.7. The molecule has 26 heavy (non-hydrogen) atoms. The molecule has 0 aliphatic carbocycles. The van der Waals surface area contributed by atoms with Crippen molar-refractivity contribution in [3.05, 3.63) is 28.8 Å². The van der Waals surface area contributed by atoms with Gasteiger partial charge in [-0.05, 0) is 37.6 Å². The first kappa shape index (κ1) is 22.5. The second-order valence-electron chi connectivity index (χ2n) is 5.86. The zero-order valence-electron chi connectivity index (χ0n) is 14.4. The van der Waals surface area contributed by atoms with Crippen LogP contribution in [0.1, 0.15) is 32.8 Å². The van der Waals surface area contributed by atoms with Gasteiger partial charge in [0, 0.05) is 18.0 Å². The lowest BCUT2D eigenvalue weighted by molar-refractivity contribution is -0.122. The number of amides is 1. The molecule has 0 saturated heterocycles. The van der Waals surface area contributed by atoms with Crippen molar-refractivity contribution >= 4 is 27.5 Å². The average Bonchev–Trinajstić information content (AvgIpc) is 2.51. The number of rotatable bonds is 8. The van der Waals surface area contributed by atoms with Gasteiger partial charge in [-0.25, -0.2) is 13.1 Å². The van der Waals surface area contributed by atoms with Crippen molar-refractivity contribution in [1.29, 1.82) is 0 Å². The lowest BCUT2D eigenvalue weighted by Crippen LogP contribution is -2.40. The van der Waals surface area contributed by atoms with Gasteiger partial charge in [0.05, 0.1) is 5.54 Å². The molecule has 0 saturated carbocycles. The highest BCUT2D eigenvalue weighted by Gasteiger charge is 2.45. The Labute approximate surface area is 155 Å². The van der Waals surface area contributed by atoms with E-state index in [-0.39, 0.29) is 24.7 Å². The molecule has 0 unspecified atom stereocenters. The lowest BCUT2D eigenvalue weighted by atomic mass is 9.93. The van der Waals surface area contributed by atoms with Crippen molar-refractivity contribution < 1.29 is 31.1 Å². The minimum atomic E-state index is -5.41. The molecule has 1 aromatic carbocycles. The van der Waals surface area contributed by atoms with Crippen molar-refractivity contribution in [1.82, 2.24) is 10.0 Å². The maximum atomic E-state index is 12.2. The first-order valence-electron chi connectivity index (χ1n) is 7.60. The summed E-state index contributed by atoms with van der Waals surface area (Å²) in [4.78, 5) is 11.6. The van der Waals surface area contributed by atoms with Crippen molar-refractivity contribution in [3.8, 4) is 5.75 Å². The Kier molecular flexibility index (Phi) is 7.32. The van der Waals surface area contributed by atoms with E-state index >= 15 is 0 Å². The topological polar surface area (TPSA) is 84.5 Å². The van der Waals surface area contributed by atoms with Crippen molar-refractivity contribution in [3.63, 3.8) is 0 Å². The molecule has 1 rings (SSSR count). The molecule has 11 heteroatoms. The van der Waals surface area contributed by atoms with Crippen LogP contribution < -0.4 is 14.8 Å². The van der Waals surface area contributed by atoms with Crippen LogP contribution in [0.15, 0.2) is 18.2 Å². The molecule has 0 spiro atoms. The summed E-state index contributed by atoms with van der Waals surface area (Å²) in [6.07, 6.45) is 0.288. The molecule has 1 amide bonds. The Bertz CT molecular complexity index is 752. The molecule has 0 fully saturated rings. The van der Waals surface area contributed by atoms with E-state index in [0.29, 0.717) is 10.6 Å². The van der Waals surface area contributed by atoms with E-state index in [1.54, 1.807) is 20.8 Å². The van der Waals surface area contributed by atoms with Gasteiger partial charge < -0.3 is 10.1 Å². The van der Waals surface area contributed by atoms with Crippen LogP contribution in [-0.4, -0.2) is 33.0 Å². The van der Waals surface area contributed by atoms with Gasteiger partial charge in [-0.1, -0.05) is 18.5 Å². The third kappa shape index (κ3) is 6.03. The fourth-order valence-electron chi connectivity index (χ4n) is 2.00. The molecule has 0 heterocycles.